The van der Waals surface area contributed by atoms with Crippen LogP contribution in [0.15, 0.2) is 30.5 Å². The van der Waals surface area contributed by atoms with E-state index < -0.39 is 52.2 Å². The van der Waals surface area contributed by atoms with Gasteiger partial charge in [-0.1, -0.05) is 43.1 Å². The van der Waals surface area contributed by atoms with Crippen LogP contribution in [0.4, 0.5) is 10.1 Å². The third kappa shape index (κ3) is 4.72. The summed E-state index contributed by atoms with van der Waals surface area (Å²) in [6, 6.07) is 5.71. The largest absolute Gasteiger partial charge is 0.367 e. The van der Waals surface area contributed by atoms with E-state index in [0.717, 1.165) is 12.8 Å². The lowest BCUT2D eigenvalue weighted by Gasteiger charge is -2.50. The third-order valence-corrected chi connectivity index (χ3v) is 10.8. The number of aromatic nitrogens is 1. The summed E-state index contributed by atoms with van der Waals surface area (Å²) >= 11 is 12.6. The number of nitrogens with zero attached hydrogens (tertiary/aromatic N) is 1. The molecule has 5 atom stereocenters. The number of ether oxygens (including phenoxy) is 1. The van der Waals surface area contributed by atoms with Gasteiger partial charge in [-0.15, -0.1) is 0 Å². The molecule has 3 amide bonds. The molecule has 4 aliphatic rings. The molecule has 2 aromatic rings. The standard InChI is InChI=1S/C31H36Cl2FN5O4/c1-28(2)9-11-30(12-10-28)31(18-5-4-16(32)14-19(18)37-27(31)42)21(17-7-13-36-24(33)22(17)34)23(38-30)26(41)39-29(3)8-6-20(25(35)40)43-15-29/h4-5,7,13-14,20-21,23,38H,6,8-12,15H2,1-3H3,(H2,35,40)(H,37,42)(H,39,41)/t20-,21-,23+,29?,31+/m0/s1. The number of primary amides is 1. The van der Waals surface area contributed by atoms with Crippen molar-refractivity contribution in [2.24, 2.45) is 11.1 Å². The number of carbonyl (C=O) groups excluding carboxylic acids is 3. The second-order valence-electron chi connectivity index (χ2n) is 13.6. The van der Waals surface area contributed by atoms with Gasteiger partial charge in [-0.05, 0) is 80.2 Å². The highest BCUT2D eigenvalue weighted by atomic mass is 35.5. The van der Waals surface area contributed by atoms with E-state index in [4.69, 9.17) is 33.7 Å². The monoisotopic (exact) mass is 631 g/mol. The highest BCUT2D eigenvalue weighted by molar-refractivity contribution is 6.31. The molecule has 1 aromatic heterocycles. The molecule has 6 rings (SSSR count). The molecule has 3 aliphatic heterocycles. The van der Waals surface area contributed by atoms with Gasteiger partial charge in [0.15, 0.2) is 11.0 Å². The Balaban J connectivity index is 1.51. The van der Waals surface area contributed by atoms with Crippen molar-refractivity contribution in [1.29, 1.82) is 0 Å². The van der Waals surface area contributed by atoms with Crippen LogP contribution in [0.25, 0.3) is 0 Å². The first kappa shape index (κ1) is 30.2. The van der Waals surface area contributed by atoms with Crippen molar-refractivity contribution in [3.05, 3.63) is 57.6 Å². The Morgan fingerprint density at radius 1 is 1.12 bits per heavy atom. The number of anilines is 1. The molecule has 1 saturated carbocycles. The molecule has 230 valence electrons. The van der Waals surface area contributed by atoms with Gasteiger partial charge in [-0.3, -0.25) is 19.7 Å². The van der Waals surface area contributed by atoms with Crippen LogP contribution >= 0.6 is 23.2 Å². The zero-order valence-electron chi connectivity index (χ0n) is 24.4. The SMILES string of the molecule is CC1(C)CCC2(CC1)N[C@@H](C(=O)NC1(C)CC[C@@H](C(N)=O)OC1)[C@H](c1ccnc(Cl)c1F)[C@]21C(=O)Nc2cc(Cl)ccc21. The van der Waals surface area contributed by atoms with E-state index in [0.29, 0.717) is 42.0 Å². The summed E-state index contributed by atoms with van der Waals surface area (Å²) in [5, 5.41) is 9.91. The minimum absolute atomic E-state index is 0.0248. The van der Waals surface area contributed by atoms with Crippen LogP contribution < -0.4 is 21.7 Å². The third-order valence-electron chi connectivity index (χ3n) is 10.3. The fraction of sp³-hybridized carbons (Fsp3) is 0.548. The number of amides is 3. The number of fused-ring (bicyclic) bond motifs is 3. The Kier molecular flexibility index (Phi) is 7.31. The Hall–Kier alpha value is -2.79. The van der Waals surface area contributed by atoms with Gasteiger partial charge in [0.05, 0.1) is 18.2 Å². The summed E-state index contributed by atoms with van der Waals surface area (Å²) in [6.45, 7) is 6.30. The van der Waals surface area contributed by atoms with Crippen LogP contribution in [0, 0.1) is 11.2 Å². The van der Waals surface area contributed by atoms with Gasteiger partial charge in [0.1, 0.15) is 11.5 Å². The molecule has 5 N–H and O–H groups in total. The summed E-state index contributed by atoms with van der Waals surface area (Å²) < 4.78 is 21.7. The topological polar surface area (TPSA) is 135 Å². The maximum Gasteiger partial charge on any atom is 0.246 e. The van der Waals surface area contributed by atoms with Crippen molar-refractivity contribution in [3.8, 4) is 0 Å². The molecule has 0 bridgehead atoms. The van der Waals surface area contributed by atoms with E-state index in [2.05, 4.69) is 34.8 Å². The molecular formula is C31H36Cl2FN5O4. The smallest absolute Gasteiger partial charge is 0.246 e. The van der Waals surface area contributed by atoms with Crippen molar-refractivity contribution in [3.63, 3.8) is 0 Å². The van der Waals surface area contributed by atoms with Gasteiger partial charge in [-0.2, -0.15) is 0 Å². The number of benzene rings is 1. The lowest BCUT2D eigenvalue weighted by atomic mass is 9.53. The minimum Gasteiger partial charge on any atom is -0.367 e. The molecule has 12 heteroatoms. The van der Waals surface area contributed by atoms with Crippen molar-refractivity contribution < 1.29 is 23.5 Å². The molecule has 1 aliphatic carbocycles. The molecule has 9 nitrogen and oxygen atoms in total. The van der Waals surface area contributed by atoms with E-state index >= 15 is 4.39 Å². The predicted octanol–water partition coefficient (Wildman–Crippen LogP) is 4.35. The summed E-state index contributed by atoms with van der Waals surface area (Å²) in [4.78, 5) is 44.6. The van der Waals surface area contributed by atoms with E-state index in [9.17, 15) is 14.4 Å². The van der Waals surface area contributed by atoms with Gasteiger partial charge < -0.3 is 21.1 Å². The van der Waals surface area contributed by atoms with E-state index in [-0.39, 0.29) is 28.6 Å². The van der Waals surface area contributed by atoms with Gasteiger partial charge in [-0.25, -0.2) is 9.37 Å². The summed E-state index contributed by atoms with van der Waals surface area (Å²) in [5.41, 5.74) is 3.73. The molecule has 3 fully saturated rings. The highest BCUT2D eigenvalue weighted by Gasteiger charge is 2.73. The average molecular weight is 633 g/mol. The van der Waals surface area contributed by atoms with Crippen LogP contribution in [-0.4, -0.2) is 52.5 Å². The van der Waals surface area contributed by atoms with Gasteiger partial charge in [0.25, 0.3) is 0 Å². The fourth-order valence-corrected chi connectivity index (χ4v) is 8.25. The van der Waals surface area contributed by atoms with Gasteiger partial charge in [0, 0.05) is 28.4 Å². The second-order valence-corrected chi connectivity index (χ2v) is 14.4. The summed E-state index contributed by atoms with van der Waals surface area (Å²) in [7, 11) is 0. The van der Waals surface area contributed by atoms with Gasteiger partial charge >= 0.3 is 0 Å². The first-order valence-corrected chi connectivity index (χ1v) is 15.4. The molecule has 2 saturated heterocycles. The maximum atomic E-state index is 16.1. The molecule has 4 heterocycles. The Morgan fingerprint density at radius 2 is 1.84 bits per heavy atom. The number of hydrogen-bond acceptors (Lipinski definition) is 6. The van der Waals surface area contributed by atoms with E-state index in [1.807, 2.05) is 13.0 Å². The molecule has 1 aromatic carbocycles. The zero-order chi connectivity index (χ0) is 30.9. The fourth-order valence-electron chi connectivity index (χ4n) is 7.92. The highest BCUT2D eigenvalue weighted by Crippen LogP contribution is 2.64. The molecular weight excluding hydrogens is 596 g/mol. The zero-order valence-corrected chi connectivity index (χ0v) is 25.9. The number of nitrogens with one attached hydrogen (secondary N) is 3. The molecule has 43 heavy (non-hydrogen) atoms. The predicted molar refractivity (Wildman–Crippen MR) is 160 cm³/mol. The number of halogens is 3. The lowest BCUT2D eigenvalue weighted by molar-refractivity contribution is -0.137. The summed E-state index contributed by atoms with van der Waals surface area (Å²) in [6.07, 6.45) is 4.21. The average Bonchev–Trinajstić information content (AvgIpc) is 3.40. The van der Waals surface area contributed by atoms with Crippen molar-refractivity contribution >= 4 is 46.6 Å². The number of hydrogen-bond donors (Lipinski definition) is 4. The van der Waals surface area contributed by atoms with Crippen molar-refractivity contribution in [1.82, 2.24) is 15.6 Å². The van der Waals surface area contributed by atoms with E-state index in [1.54, 1.807) is 12.1 Å². The molecule has 1 unspecified atom stereocenters. The van der Waals surface area contributed by atoms with Crippen LogP contribution in [0.1, 0.15) is 76.3 Å². The molecule has 0 radical (unpaired) electrons. The van der Waals surface area contributed by atoms with Crippen LogP contribution in [0.2, 0.25) is 10.2 Å². The number of rotatable bonds is 4. The Morgan fingerprint density at radius 3 is 2.49 bits per heavy atom. The van der Waals surface area contributed by atoms with Gasteiger partial charge in [0.2, 0.25) is 17.7 Å². The lowest BCUT2D eigenvalue weighted by Crippen LogP contribution is -2.62. The quantitative estimate of drug-likeness (QED) is 0.371. The first-order chi connectivity index (χ1) is 20.2. The van der Waals surface area contributed by atoms with Crippen molar-refractivity contribution in [2.75, 3.05) is 11.9 Å². The Labute approximate surface area is 259 Å². The minimum atomic E-state index is -1.36. The van der Waals surface area contributed by atoms with Crippen LogP contribution in [0.5, 0.6) is 0 Å². The maximum absolute atomic E-state index is 16.1. The van der Waals surface area contributed by atoms with Crippen LogP contribution in [-0.2, 0) is 24.5 Å². The van der Waals surface area contributed by atoms with E-state index in [1.165, 1.54) is 12.3 Å². The second kappa shape index (κ2) is 10.4. The number of nitrogens with two attached hydrogens (primary N) is 1. The molecule has 2 spiro atoms. The summed E-state index contributed by atoms with van der Waals surface area (Å²) in [5.74, 6) is -3.03. The van der Waals surface area contributed by atoms with Crippen molar-refractivity contribution in [2.45, 2.75) is 93.9 Å². The Bertz CT molecular complexity index is 1500. The first-order valence-electron chi connectivity index (χ1n) is 14.6. The normalized spacial score (nSPS) is 32.4. The number of carbonyl (C=O) groups is 3. The van der Waals surface area contributed by atoms with Crippen LogP contribution in [0.3, 0.4) is 0 Å². The number of pyridine rings is 1.